The third kappa shape index (κ3) is 3.07. The molecule has 1 aromatic rings. The van der Waals surface area contributed by atoms with Crippen molar-refractivity contribution in [3.05, 3.63) is 16.1 Å². The molecule has 2 rings (SSSR count). The van der Waals surface area contributed by atoms with Crippen molar-refractivity contribution in [1.82, 2.24) is 15.2 Å². The van der Waals surface area contributed by atoms with Crippen LogP contribution >= 0.6 is 11.3 Å². The van der Waals surface area contributed by atoms with Crippen LogP contribution in [0, 0.1) is 0 Å². The van der Waals surface area contributed by atoms with Crippen molar-refractivity contribution in [1.29, 1.82) is 0 Å². The molecule has 0 aliphatic carbocycles. The zero-order chi connectivity index (χ0) is 13.0. The normalized spacial score (nSPS) is 20.1. The summed E-state index contributed by atoms with van der Waals surface area (Å²) < 4.78 is 5.01. The van der Waals surface area contributed by atoms with Gasteiger partial charge in [0.2, 0.25) is 0 Å². The standard InChI is InChI=1S/C12H19N3O2S/c1-13-9-4-3-5-15(6-9)12(16)10-8-18-11(14-10)7-17-2/h8-9,13H,3-7H2,1-2H3. The lowest BCUT2D eigenvalue weighted by Gasteiger charge is -2.32. The maximum atomic E-state index is 12.3. The fourth-order valence-electron chi connectivity index (χ4n) is 2.16. The molecule has 0 saturated carbocycles. The molecule has 100 valence electrons. The number of piperidine rings is 1. The number of ether oxygens (including phenoxy) is 1. The number of nitrogens with zero attached hydrogens (tertiary/aromatic N) is 2. The van der Waals surface area contributed by atoms with Gasteiger partial charge in [0.15, 0.2) is 0 Å². The van der Waals surface area contributed by atoms with Crippen LogP contribution in [0.1, 0.15) is 28.3 Å². The lowest BCUT2D eigenvalue weighted by molar-refractivity contribution is 0.0692. The van der Waals surface area contributed by atoms with E-state index in [4.69, 9.17) is 4.74 Å². The lowest BCUT2D eigenvalue weighted by Crippen LogP contribution is -2.47. The first kappa shape index (κ1) is 13.5. The minimum Gasteiger partial charge on any atom is -0.378 e. The summed E-state index contributed by atoms with van der Waals surface area (Å²) in [6.45, 7) is 2.07. The highest BCUT2D eigenvalue weighted by atomic mass is 32.1. The molecule has 0 spiro atoms. The molecular weight excluding hydrogens is 250 g/mol. The Kier molecular flexibility index (Phi) is 4.68. The molecule has 0 bridgehead atoms. The Morgan fingerprint density at radius 3 is 3.28 bits per heavy atom. The fourth-order valence-corrected chi connectivity index (χ4v) is 2.90. The first-order chi connectivity index (χ1) is 8.74. The van der Waals surface area contributed by atoms with Gasteiger partial charge in [-0.3, -0.25) is 4.79 Å². The minimum absolute atomic E-state index is 0.0357. The number of carbonyl (C=O) groups is 1. The van der Waals surface area contributed by atoms with Gasteiger partial charge in [-0.1, -0.05) is 0 Å². The molecular formula is C12H19N3O2S. The summed E-state index contributed by atoms with van der Waals surface area (Å²) in [5.41, 5.74) is 0.545. The quantitative estimate of drug-likeness (QED) is 0.890. The van der Waals surface area contributed by atoms with Crippen LogP contribution in [-0.2, 0) is 11.3 Å². The molecule has 2 heterocycles. The third-order valence-electron chi connectivity index (χ3n) is 3.16. The van der Waals surface area contributed by atoms with Gasteiger partial charge < -0.3 is 15.0 Å². The highest BCUT2D eigenvalue weighted by molar-refractivity contribution is 7.09. The molecule has 1 saturated heterocycles. The van der Waals surface area contributed by atoms with Gasteiger partial charge in [-0.05, 0) is 19.9 Å². The van der Waals surface area contributed by atoms with E-state index in [0.717, 1.165) is 30.9 Å². The number of amides is 1. The van der Waals surface area contributed by atoms with Crippen molar-refractivity contribution < 1.29 is 9.53 Å². The predicted molar refractivity (Wildman–Crippen MR) is 70.8 cm³/mol. The molecule has 6 heteroatoms. The summed E-state index contributed by atoms with van der Waals surface area (Å²) in [7, 11) is 3.57. The maximum Gasteiger partial charge on any atom is 0.273 e. The van der Waals surface area contributed by atoms with E-state index in [9.17, 15) is 4.79 Å². The zero-order valence-electron chi connectivity index (χ0n) is 10.8. The molecule has 1 N–H and O–H groups in total. The topological polar surface area (TPSA) is 54.5 Å². The number of thiazole rings is 1. The van der Waals surface area contributed by atoms with E-state index < -0.39 is 0 Å². The molecule has 1 aliphatic heterocycles. The van der Waals surface area contributed by atoms with E-state index in [-0.39, 0.29) is 5.91 Å². The molecule has 1 aliphatic rings. The monoisotopic (exact) mass is 269 g/mol. The molecule has 18 heavy (non-hydrogen) atoms. The van der Waals surface area contributed by atoms with Crippen LogP contribution < -0.4 is 5.32 Å². The Bertz CT molecular complexity index is 408. The number of aromatic nitrogens is 1. The second kappa shape index (κ2) is 6.26. The SMILES string of the molecule is CNC1CCCN(C(=O)c2csc(COC)n2)C1. The Balaban J connectivity index is 2.00. The van der Waals surface area contributed by atoms with Gasteiger partial charge in [0.1, 0.15) is 10.7 Å². The van der Waals surface area contributed by atoms with E-state index in [1.54, 1.807) is 7.11 Å². The van der Waals surface area contributed by atoms with Crippen LogP contribution in [-0.4, -0.2) is 49.1 Å². The average Bonchev–Trinajstić information content (AvgIpc) is 2.87. The maximum absolute atomic E-state index is 12.3. The van der Waals surface area contributed by atoms with E-state index in [0.29, 0.717) is 18.3 Å². The molecule has 5 nitrogen and oxygen atoms in total. The number of nitrogens with one attached hydrogen (secondary N) is 1. The summed E-state index contributed by atoms with van der Waals surface area (Å²) in [5, 5.41) is 5.90. The van der Waals surface area contributed by atoms with Crippen LogP contribution in [0.4, 0.5) is 0 Å². The Morgan fingerprint density at radius 2 is 2.56 bits per heavy atom. The van der Waals surface area contributed by atoms with Crippen LogP contribution in [0.2, 0.25) is 0 Å². The van der Waals surface area contributed by atoms with Gasteiger partial charge in [-0.2, -0.15) is 0 Å². The number of rotatable bonds is 4. The van der Waals surface area contributed by atoms with Crippen LogP contribution in [0.5, 0.6) is 0 Å². The summed E-state index contributed by atoms with van der Waals surface area (Å²) in [4.78, 5) is 18.5. The Hall–Kier alpha value is -0.980. The number of carbonyl (C=O) groups excluding carboxylic acids is 1. The van der Waals surface area contributed by atoms with Crippen LogP contribution in [0.15, 0.2) is 5.38 Å². The summed E-state index contributed by atoms with van der Waals surface area (Å²) in [6.07, 6.45) is 2.18. The van der Waals surface area contributed by atoms with Gasteiger partial charge in [-0.25, -0.2) is 4.98 Å². The first-order valence-corrected chi connectivity index (χ1v) is 7.02. The molecule has 1 unspecified atom stereocenters. The molecule has 0 aromatic carbocycles. The van der Waals surface area contributed by atoms with E-state index in [2.05, 4.69) is 10.3 Å². The summed E-state index contributed by atoms with van der Waals surface area (Å²) in [5.74, 6) is 0.0357. The van der Waals surface area contributed by atoms with Gasteiger partial charge in [0, 0.05) is 31.6 Å². The van der Waals surface area contributed by atoms with Gasteiger partial charge in [0.05, 0.1) is 6.61 Å². The highest BCUT2D eigenvalue weighted by Crippen LogP contribution is 2.16. The van der Waals surface area contributed by atoms with Crippen LogP contribution in [0.25, 0.3) is 0 Å². The van der Waals surface area contributed by atoms with Gasteiger partial charge in [0.25, 0.3) is 5.91 Å². The van der Waals surface area contributed by atoms with Crippen molar-refractivity contribution in [2.75, 3.05) is 27.2 Å². The largest absolute Gasteiger partial charge is 0.378 e. The zero-order valence-corrected chi connectivity index (χ0v) is 11.6. The average molecular weight is 269 g/mol. The van der Waals surface area contributed by atoms with Crippen molar-refractivity contribution in [3.8, 4) is 0 Å². The molecule has 1 atom stereocenters. The van der Waals surface area contributed by atoms with Crippen molar-refractivity contribution >= 4 is 17.2 Å². The van der Waals surface area contributed by atoms with Crippen molar-refractivity contribution in [2.45, 2.75) is 25.5 Å². The van der Waals surface area contributed by atoms with E-state index in [1.165, 1.54) is 11.3 Å². The number of methoxy groups -OCH3 is 1. The third-order valence-corrected chi connectivity index (χ3v) is 3.98. The van der Waals surface area contributed by atoms with Gasteiger partial charge in [-0.15, -0.1) is 11.3 Å². The number of hydrogen-bond acceptors (Lipinski definition) is 5. The van der Waals surface area contributed by atoms with E-state index >= 15 is 0 Å². The highest BCUT2D eigenvalue weighted by Gasteiger charge is 2.24. The molecule has 1 fully saturated rings. The summed E-state index contributed by atoms with van der Waals surface area (Å²) in [6, 6.07) is 0.403. The smallest absolute Gasteiger partial charge is 0.273 e. The van der Waals surface area contributed by atoms with Crippen LogP contribution in [0.3, 0.4) is 0 Å². The first-order valence-electron chi connectivity index (χ1n) is 6.14. The predicted octanol–water partition coefficient (Wildman–Crippen LogP) is 1.11. The minimum atomic E-state index is 0.0357. The summed E-state index contributed by atoms with van der Waals surface area (Å²) >= 11 is 1.47. The number of likely N-dealkylation sites (N-methyl/N-ethyl adjacent to an activating group) is 1. The lowest BCUT2D eigenvalue weighted by atomic mass is 10.1. The number of hydrogen-bond donors (Lipinski definition) is 1. The fraction of sp³-hybridized carbons (Fsp3) is 0.667. The molecule has 0 radical (unpaired) electrons. The molecule has 1 amide bonds. The van der Waals surface area contributed by atoms with Crippen molar-refractivity contribution in [3.63, 3.8) is 0 Å². The van der Waals surface area contributed by atoms with E-state index in [1.807, 2.05) is 17.3 Å². The number of likely N-dealkylation sites (tertiary alicyclic amines) is 1. The second-order valence-electron chi connectivity index (χ2n) is 4.44. The van der Waals surface area contributed by atoms with Crippen molar-refractivity contribution in [2.24, 2.45) is 0 Å². The van der Waals surface area contributed by atoms with Gasteiger partial charge >= 0.3 is 0 Å². The second-order valence-corrected chi connectivity index (χ2v) is 5.38. The molecule has 1 aromatic heterocycles. The Morgan fingerprint density at radius 1 is 1.72 bits per heavy atom. The Labute approximate surface area is 111 Å².